The minimum Gasteiger partial charge on any atom is -0.449 e. The van der Waals surface area contributed by atoms with Crippen molar-refractivity contribution in [3.63, 3.8) is 0 Å². The summed E-state index contributed by atoms with van der Waals surface area (Å²) in [6.45, 7) is 5.50. The van der Waals surface area contributed by atoms with Crippen LogP contribution < -0.4 is 10.1 Å². The second kappa shape index (κ2) is 9.45. The van der Waals surface area contributed by atoms with Crippen LogP contribution in [0.5, 0.6) is 5.75 Å². The van der Waals surface area contributed by atoms with Crippen molar-refractivity contribution < 1.29 is 32.2 Å². The van der Waals surface area contributed by atoms with Crippen LogP contribution in [0.15, 0.2) is 48.5 Å². The molecule has 1 N–H and O–H groups in total. The summed E-state index contributed by atoms with van der Waals surface area (Å²) in [7, 11) is 0. The Kier molecular flexibility index (Phi) is 7.25. The number of para-hydroxylation sites is 1. The smallest absolute Gasteiger partial charge is 0.449 e. The molecule has 2 aromatic rings. The Hall–Kier alpha value is -3.03. The molecule has 0 spiro atoms. The van der Waals surface area contributed by atoms with Gasteiger partial charge in [0, 0.05) is 5.69 Å². The molecule has 5 nitrogen and oxygen atoms in total. The molecular formula is C21H22F3NO4. The Bertz CT molecular complexity index is 850. The van der Waals surface area contributed by atoms with E-state index in [1.807, 2.05) is 26.0 Å². The van der Waals surface area contributed by atoms with Gasteiger partial charge in [-0.2, -0.15) is 0 Å². The lowest BCUT2D eigenvalue weighted by Gasteiger charge is -2.18. The van der Waals surface area contributed by atoms with Crippen LogP contribution in [0.2, 0.25) is 0 Å². The van der Waals surface area contributed by atoms with Crippen molar-refractivity contribution in [2.75, 3.05) is 5.32 Å². The van der Waals surface area contributed by atoms with Gasteiger partial charge in [0.25, 0.3) is 5.91 Å². The van der Waals surface area contributed by atoms with Crippen molar-refractivity contribution in [3.05, 3.63) is 59.7 Å². The number of nitrogens with one attached hydrogen (secondary N) is 1. The molecule has 0 radical (unpaired) electrons. The predicted molar refractivity (Wildman–Crippen MR) is 102 cm³/mol. The van der Waals surface area contributed by atoms with Crippen LogP contribution in [-0.4, -0.2) is 24.3 Å². The number of esters is 1. The zero-order chi connectivity index (χ0) is 21.6. The van der Waals surface area contributed by atoms with E-state index in [0.717, 1.165) is 36.2 Å². The molecule has 0 aliphatic rings. The summed E-state index contributed by atoms with van der Waals surface area (Å²) < 4.78 is 45.4. The third-order valence-electron chi connectivity index (χ3n) is 4.34. The van der Waals surface area contributed by atoms with Crippen LogP contribution in [0.3, 0.4) is 0 Å². The standard InChI is InChI=1S/C21H22F3NO4/c1-4-13(2)17-7-5-6-8-18(17)25-19(26)14(3)28-20(27)15-9-11-16(12-10-15)29-21(22,23)24/h5-14H,4H2,1-3H3,(H,25,26)/t13-,14+/m1/s1. The highest BCUT2D eigenvalue weighted by Gasteiger charge is 2.31. The number of carbonyl (C=O) groups excluding carboxylic acids is 2. The van der Waals surface area contributed by atoms with Crippen LogP contribution >= 0.6 is 0 Å². The van der Waals surface area contributed by atoms with E-state index in [0.29, 0.717) is 5.69 Å². The quantitative estimate of drug-likeness (QED) is 0.632. The molecule has 0 saturated carbocycles. The van der Waals surface area contributed by atoms with Gasteiger partial charge in [-0.25, -0.2) is 4.79 Å². The van der Waals surface area contributed by atoms with Crippen LogP contribution in [0, 0.1) is 0 Å². The number of hydrogen-bond acceptors (Lipinski definition) is 4. The molecule has 0 aliphatic carbocycles. The Labute approximate surface area is 166 Å². The number of ether oxygens (including phenoxy) is 2. The molecule has 2 atom stereocenters. The van der Waals surface area contributed by atoms with Gasteiger partial charge in [-0.15, -0.1) is 13.2 Å². The molecule has 1 amide bonds. The summed E-state index contributed by atoms with van der Waals surface area (Å²) in [5.41, 5.74) is 1.62. The lowest BCUT2D eigenvalue weighted by atomic mass is 9.97. The molecule has 2 rings (SSSR count). The second-order valence-electron chi connectivity index (χ2n) is 6.51. The fourth-order valence-electron chi connectivity index (χ4n) is 2.57. The van der Waals surface area contributed by atoms with Gasteiger partial charge in [0.15, 0.2) is 6.10 Å². The van der Waals surface area contributed by atoms with Gasteiger partial charge >= 0.3 is 12.3 Å². The molecule has 156 valence electrons. The first kappa shape index (κ1) is 22.3. The Morgan fingerprint density at radius 3 is 2.24 bits per heavy atom. The number of benzene rings is 2. The third kappa shape index (κ3) is 6.51. The SMILES string of the molecule is CC[C@@H](C)c1ccccc1NC(=O)[C@H](C)OC(=O)c1ccc(OC(F)(F)F)cc1. The van der Waals surface area contributed by atoms with Crippen LogP contribution in [0.4, 0.5) is 18.9 Å². The van der Waals surface area contributed by atoms with E-state index in [1.54, 1.807) is 12.1 Å². The van der Waals surface area contributed by atoms with Crippen molar-refractivity contribution in [1.82, 2.24) is 0 Å². The van der Waals surface area contributed by atoms with E-state index in [2.05, 4.69) is 10.1 Å². The molecule has 8 heteroatoms. The highest BCUT2D eigenvalue weighted by Crippen LogP contribution is 2.27. The molecule has 0 aromatic heterocycles. The van der Waals surface area contributed by atoms with Gasteiger partial charge in [-0.1, -0.05) is 32.0 Å². The lowest BCUT2D eigenvalue weighted by molar-refractivity contribution is -0.274. The number of alkyl halides is 3. The monoisotopic (exact) mass is 409 g/mol. The Morgan fingerprint density at radius 2 is 1.66 bits per heavy atom. The Morgan fingerprint density at radius 1 is 1.03 bits per heavy atom. The maximum absolute atomic E-state index is 12.4. The van der Waals surface area contributed by atoms with Gasteiger partial charge < -0.3 is 14.8 Å². The maximum atomic E-state index is 12.4. The summed E-state index contributed by atoms with van der Waals surface area (Å²) >= 11 is 0. The van der Waals surface area contributed by atoms with Gasteiger partial charge in [-0.05, 0) is 55.2 Å². The zero-order valence-corrected chi connectivity index (χ0v) is 16.2. The topological polar surface area (TPSA) is 64.6 Å². The highest BCUT2D eigenvalue weighted by atomic mass is 19.4. The number of anilines is 1. The Balaban J connectivity index is 2.00. The normalized spacial score (nSPS) is 13.3. The molecular weight excluding hydrogens is 387 g/mol. The summed E-state index contributed by atoms with van der Waals surface area (Å²) in [5.74, 6) is -1.56. The first-order valence-corrected chi connectivity index (χ1v) is 9.07. The molecule has 0 unspecified atom stereocenters. The zero-order valence-electron chi connectivity index (χ0n) is 16.2. The van der Waals surface area contributed by atoms with Crippen molar-refractivity contribution in [2.45, 2.75) is 45.6 Å². The first-order valence-electron chi connectivity index (χ1n) is 9.07. The minimum absolute atomic E-state index is 0.000759. The van der Waals surface area contributed by atoms with Crippen LogP contribution in [-0.2, 0) is 9.53 Å². The van der Waals surface area contributed by atoms with Gasteiger partial charge in [0.2, 0.25) is 0 Å². The average molecular weight is 409 g/mol. The minimum atomic E-state index is -4.82. The first-order chi connectivity index (χ1) is 13.6. The highest BCUT2D eigenvalue weighted by molar-refractivity contribution is 5.97. The van der Waals surface area contributed by atoms with Gasteiger partial charge in [-0.3, -0.25) is 4.79 Å². The van der Waals surface area contributed by atoms with Crippen molar-refractivity contribution in [1.29, 1.82) is 0 Å². The van der Waals surface area contributed by atoms with Crippen LogP contribution in [0.1, 0.15) is 49.0 Å². The number of carbonyl (C=O) groups is 2. The van der Waals surface area contributed by atoms with E-state index >= 15 is 0 Å². The third-order valence-corrected chi connectivity index (χ3v) is 4.34. The summed E-state index contributed by atoms with van der Waals surface area (Å²) in [6.07, 6.45) is -5.02. The molecule has 0 fully saturated rings. The number of rotatable bonds is 7. The molecule has 0 saturated heterocycles. The molecule has 0 aliphatic heterocycles. The molecule has 2 aromatic carbocycles. The van der Waals surface area contributed by atoms with E-state index in [-0.39, 0.29) is 11.5 Å². The van der Waals surface area contributed by atoms with Crippen molar-refractivity contribution in [3.8, 4) is 5.75 Å². The summed E-state index contributed by atoms with van der Waals surface area (Å²) in [5, 5.41) is 2.76. The van der Waals surface area contributed by atoms with E-state index < -0.39 is 30.1 Å². The average Bonchev–Trinajstić information content (AvgIpc) is 2.67. The fourth-order valence-corrected chi connectivity index (χ4v) is 2.57. The maximum Gasteiger partial charge on any atom is 0.573 e. The van der Waals surface area contributed by atoms with Gasteiger partial charge in [0.05, 0.1) is 5.56 Å². The summed E-state index contributed by atoms with van der Waals surface area (Å²) in [4.78, 5) is 24.6. The molecule has 0 bridgehead atoms. The second-order valence-corrected chi connectivity index (χ2v) is 6.51. The fraction of sp³-hybridized carbons (Fsp3) is 0.333. The van der Waals surface area contributed by atoms with Crippen molar-refractivity contribution >= 4 is 17.6 Å². The largest absolute Gasteiger partial charge is 0.573 e. The lowest BCUT2D eigenvalue weighted by Crippen LogP contribution is -2.30. The van der Waals surface area contributed by atoms with E-state index in [4.69, 9.17) is 4.74 Å². The van der Waals surface area contributed by atoms with E-state index in [1.165, 1.54) is 6.92 Å². The number of amides is 1. The summed E-state index contributed by atoms with van der Waals surface area (Å²) in [6, 6.07) is 11.6. The predicted octanol–water partition coefficient (Wildman–Crippen LogP) is 5.28. The van der Waals surface area contributed by atoms with Crippen LogP contribution in [0.25, 0.3) is 0 Å². The molecule has 29 heavy (non-hydrogen) atoms. The van der Waals surface area contributed by atoms with E-state index in [9.17, 15) is 22.8 Å². The number of halogens is 3. The number of hydrogen-bond donors (Lipinski definition) is 1. The van der Waals surface area contributed by atoms with Crippen molar-refractivity contribution in [2.24, 2.45) is 0 Å². The van der Waals surface area contributed by atoms with Gasteiger partial charge in [0.1, 0.15) is 5.75 Å². The molecule has 0 heterocycles.